The highest BCUT2D eigenvalue weighted by atomic mass is 16.7. The van der Waals surface area contributed by atoms with Gasteiger partial charge < -0.3 is 19.7 Å². The molecule has 60 valence electrons. The molecule has 10 heavy (non-hydrogen) atoms. The molecule has 0 radical (unpaired) electrons. The molecule has 1 unspecified atom stereocenters. The molecule has 1 aliphatic rings. The fourth-order valence-corrected chi connectivity index (χ4v) is 1.05. The van der Waals surface area contributed by atoms with E-state index in [9.17, 15) is 0 Å². The van der Waals surface area contributed by atoms with Crippen LogP contribution in [0.2, 0.25) is 0 Å². The second-order valence-electron chi connectivity index (χ2n) is 2.35. The first-order valence-electron chi connectivity index (χ1n) is 3.25. The van der Waals surface area contributed by atoms with E-state index in [1.54, 1.807) is 0 Å². The van der Waals surface area contributed by atoms with Gasteiger partial charge in [0.25, 0.3) is 0 Å². The van der Waals surface area contributed by atoms with Gasteiger partial charge in [-0.1, -0.05) is 0 Å². The Balaban J connectivity index is 2.36. The molecule has 0 aliphatic carbocycles. The summed E-state index contributed by atoms with van der Waals surface area (Å²) in [5.74, 6) is 0. The Kier molecular flexibility index (Phi) is 2.62. The molecule has 0 amide bonds. The molecule has 1 heterocycles. The average molecular weight is 148 g/mol. The SMILES string of the molecule is COC1O[C@H](CO)C[C@@H]1O. The molecule has 1 rings (SSSR count). The topological polar surface area (TPSA) is 58.9 Å². The van der Waals surface area contributed by atoms with Crippen LogP contribution in [0.1, 0.15) is 6.42 Å². The summed E-state index contributed by atoms with van der Waals surface area (Å²) >= 11 is 0. The summed E-state index contributed by atoms with van der Waals surface area (Å²) in [5.41, 5.74) is 0. The number of hydrogen-bond acceptors (Lipinski definition) is 4. The first-order valence-corrected chi connectivity index (χ1v) is 3.25. The van der Waals surface area contributed by atoms with Crippen LogP contribution in [-0.2, 0) is 9.47 Å². The lowest BCUT2D eigenvalue weighted by molar-refractivity contribution is -0.153. The maximum absolute atomic E-state index is 9.13. The van der Waals surface area contributed by atoms with Crippen LogP contribution in [-0.4, -0.2) is 42.4 Å². The molecule has 1 saturated heterocycles. The molecule has 0 saturated carbocycles. The van der Waals surface area contributed by atoms with Crippen LogP contribution in [0, 0.1) is 0 Å². The van der Waals surface area contributed by atoms with Crippen LogP contribution in [0.15, 0.2) is 0 Å². The second-order valence-corrected chi connectivity index (χ2v) is 2.35. The number of aliphatic hydroxyl groups is 2. The monoisotopic (exact) mass is 148 g/mol. The van der Waals surface area contributed by atoms with E-state index in [1.807, 2.05) is 0 Å². The Labute approximate surface area is 59.4 Å². The average Bonchev–Trinajstić information content (AvgIpc) is 2.30. The van der Waals surface area contributed by atoms with Gasteiger partial charge in [-0.15, -0.1) is 0 Å². The fraction of sp³-hybridized carbons (Fsp3) is 1.00. The molecule has 0 aromatic rings. The zero-order chi connectivity index (χ0) is 7.56. The quantitative estimate of drug-likeness (QED) is 0.533. The van der Waals surface area contributed by atoms with Gasteiger partial charge in [0, 0.05) is 13.5 Å². The smallest absolute Gasteiger partial charge is 0.183 e. The number of rotatable bonds is 2. The third kappa shape index (κ3) is 1.46. The summed E-state index contributed by atoms with van der Waals surface area (Å²) in [6.45, 7) is -0.0586. The largest absolute Gasteiger partial charge is 0.394 e. The van der Waals surface area contributed by atoms with E-state index < -0.39 is 12.4 Å². The van der Waals surface area contributed by atoms with Gasteiger partial charge in [0.15, 0.2) is 6.29 Å². The summed E-state index contributed by atoms with van der Waals surface area (Å²) < 4.78 is 9.82. The summed E-state index contributed by atoms with van der Waals surface area (Å²) in [7, 11) is 1.47. The minimum atomic E-state index is -0.595. The predicted molar refractivity (Wildman–Crippen MR) is 33.4 cm³/mol. The van der Waals surface area contributed by atoms with Gasteiger partial charge in [-0.2, -0.15) is 0 Å². The molecule has 0 aromatic heterocycles. The van der Waals surface area contributed by atoms with Gasteiger partial charge in [0.05, 0.1) is 12.7 Å². The zero-order valence-electron chi connectivity index (χ0n) is 5.86. The molecular formula is C6H12O4. The molecule has 0 spiro atoms. The van der Waals surface area contributed by atoms with E-state index in [0.717, 1.165) is 0 Å². The Morgan fingerprint density at radius 1 is 1.70 bits per heavy atom. The Bertz CT molecular complexity index is 106. The minimum Gasteiger partial charge on any atom is -0.394 e. The number of methoxy groups -OCH3 is 1. The van der Waals surface area contributed by atoms with E-state index >= 15 is 0 Å². The van der Waals surface area contributed by atoms with Crippen LogP contribution in [0.25, 0.3) is 0 Å². The van der Waals surface area contributed by atoms with Gasteiger partial charge in [-0.05, 0) is 0 Å². The number of aliphatic hydroxyl groups excluding tert-OH is 2. The Morgan fingerprint density at radius 3 is 2.70 bits per heavy atom. The minimum absolute atomic E-state index is 0.0586. The summed E-state index contributed by atoms with van der Waals surface area (Å²) in [6.07, 6.45) is -0.964. The molecule has 4 heteroatoms. The van der Waals surface area contributed by atoms with Crippen LogP contribution in [0.4, 0.5) is 0 Å². The van der Waals surface area contributed by atoms with Crippen molar-refractivity contribution < 1.29 is 19.7 Å². The van der Waals surface area contributed by atoms with Crippen molar-refractivity contribution in [2.75, 3.05) is 13.7 Å². The molecular weight excluding hydrogens is 136 g/mol. The van der Waals surface area contributed by atoms with Crippen molar-refractivity contribution in [1.82, 2.24) is 0 Å². The van der Waals surface area contributed by atoms with Gasteiger partial charge in [-0.25, -0.2) is 0 Å². The molecule has 0 aromatic carbocycles. The first kappa shape index (κ1) is 7.94. The molecule has 2 N–H and O–H groups in total. The van der Waals surface area contributed by atoms with Gasteiger partial charge in [-0.3, -0.25) is 0 Å². The zero-order valence-corrected chi connectivity index (χ0v) is 5.86. The summed E-state index contributed by atoms with van der Waals surface area (Å²) in [4.78, 5) is 0. The van der Waals surface area contributed by atoms with E-state index in [0.29, 0.717) is 6.42 Å². The van der Waals surface area contributed by atoms with Crippen molar-refractivity contribution in [2.45, 2.75) is 24.9 Å². The van der Waals surface area contributed by atoms with E-state index in [1.165, 1.54) is 7.11 Å². The van der Waals surface area contributed by atoms with Crippen LogP contribution in [0.3, 0.4) is 0 Å². The van der Waals surface area contributed by atoms with Crippen LogP contribution >= 0.6 is 0 Å². The van der Waals surface area contributed by atoms with Gasteiger partial charge in [0.2, 0.25) is 0 Å². The van der Waals surface area contributed by atoms with E-state index in [4.69, 9.17) is 19.7 Å². The fourth-order valence-electron chi connectivity index (χ4n) is 1.05. The number of ether oxygens (including phenoxy) is 2. The maximum atomic E-state index is 9.13. The summed E-state index contributed by atoms with van der Waals surface area (Å²) in [5, 5.41) is 17.7. The molecule has 0 bridgehead atoms. The van der Waals surface area contributed by atoms with Crippen molar-refractivity contribution in [2.24, 2.45) is 0 Å². The third-order valence-electron chi connectivity index (χ3n) is 1.58. The lowest BCUT2D eigenvalue weighted by Crippen LogP contribution is -2.22. The first-order chi connectivity index (χ1) is 4.77. The Morgan fingerprint density at radius 2 is 2.40 bits per heavy atom. The molecule has 3 atom stereocenters. The number of hydrogen-bond donors (Lipinski definition) is 2. The van der Waals surface area contributed by atoms with Crippen molar-refractivity contribution in [3.05, 3.63) is 0 Å². The van der Waals surface area contributed by atoms with E-state index in [-0.39, 0.29) is 12.7 Å². The normalized spacial score (nSPS) is 40.5. The van der Waals surface area contributed by atoms with Crippen molar-refractivity contribution in [3.63, 3.8) is 0 Å². The third-order valence-corrected chi connectivity index (χ3v) is 1.58. The van der Waals surface area contributed by atoms with Crippen LogP contribution in [0.5, 0.6) is 0 Å². The highest BCUT2D eigenvalue weighted by Gasteiger charge is 2.33. The van der Waals surface area contributed by atoms with Gasteiger partial charge >= 0.3 is 0 Å². The van der Waals surface area contributed by atoms with Crippen molar-refractivity contribution in [1.29, 1.82) is 0 Å². The molecule has 4 nitrogen and oxygen atoms in total. The lowest BCUT2D eigenvalue weighted by atomic mass is 10.2. The molecule has 1 aliphatic heterocycles. The second kappa shape index (κ2) is 3.30. The maximum Gasteiger partial charge on any atom is 0.183 e. The van der Waals surface area contributed by atoms with Crippen molar-refractivity contribution in [3.8, 4) is 0 Å². The van der Waals surface area contributed by atoms with E-state index in [2.05, 4.69) is 0 Å². The summed E-state index contributed by atoms with van der Waals surface area (Å²) in [6, 6.07) is 0. The molecule has 1 fully saturated rings. The standard InChI is InChI=1S/C6H12O4/c1-9-6-5(8)2-4(3-7)10-6/h4-8H,2-3H2,1H3/t4-,5-,6?/m0/s1. The van der Waals surface area contributed by atoms with Gasteiger partial charge in [0.1, 0.15) is 6.10 Å². The van der Waals surface area contributed by atoms with Crippen LogP contribution < -0.4 is 0 Å². The highest BCUT2D eigenvalue weighted by molar-refractivity contribution is 4.75. The highest BCUT2D eigenvalue weighted by Crippen LogP contribution is 2.19. The van der Waals surface area contributed by atoms with Crippen molar-refractivity contribution >= 4 is 0 Å². The lowest BCUT2D eigenvalue weighted by Gasteiger charge is -2.10. The predicted octanol–water partition coefficient (Wildman–Crippen LogP) is -0.899. The Hall–Kier alpha value is -0.160.